The average Bonchev–Trinajstić information content (AvgIpc) is 1.87. The van der Waals surface area contributed by atoms with Crippen molar-refractivity contribution in [2.45, 2.75) is 32.8 Å². The highest BCUT2D eigenvalue weighted by molar-refractivity contribution is 4.79. The van der Waals surface area contributed by atoms with Crippen LogP contribution in [0, 0.1) is 0 Å². The molecule has 0 fully saturated rings. The highest BCUT2D eigenvalue weighted by atomic mass is 16.3. The van der Waals surface area contributed by atoms with Crippen LogP contribution in [0.1, 0.15) is 26.7 Å². The topological polar surface area (TPSA) is 32.3 Å². The van der Waals surface area contributed by atoms with Crippen LogP contribution in [0.3, 0.4) is 0 Å². The molecule has 2 nitrogen and oxygen atoms in total. The van der Waals surface area contributed by atoms with Gasteiger partial charge in [-0.1, -0.05) is 19.4 Å². The molecule has 2 N–H and O–H groups in total. The zero-order valence-electron chi connectivity index (χ0n) is 6.80. The van der Waals surface area contributed by atoms with E-state index in [9.17, 15) is 0 Å². The van der Waals surface area contributed by atoms with Gasteiger partial charge in [0.2, 0.25) is 0 Å². The molecule has 0 rings (SSSR count). The minimum atomic E-state index is -0.258. The molecule has 0 unspecified atom stereocenters. The lowest BCUT2D eigenvalue weighted by Gasteiger charge is -2.01. The molecular weight excluding hydrogens is 126 g/mol. The van der Waals surface area contributed by atoms with Gasteiger partial charge >= 0.3 is 0 Å². The van der Waals surface area contributed by atoms with E-state index in [0.717, 1.165) is 6.42 Å². The minimum Gasteiger partial charge on any atom is -0.392 e. The Bertz CT molecular complexity index is 89.3. The molecule has 0 amide bonds. The molecule has 0 saturated carbocycles. The summed E-state index contributed by atoms with van der Waals surface area (Å²) in [5.74, 6) is 0. The molecule has 0 aromatic rings. The van der Waals surface area contributed by atoms with E-state index >= 15 is 0 Å². The van der Waals surface area contributed by atoms with E-state index in [4.69, 9.17) is 5.11 Å². The van der Waals surface area contributed by atoms with Crippen molar-refractivity contribution in [2.75, 3.05) is 6.54 Å². The van der Waals surface area contributed by atoms with Crippen molar-refractivity contribution < 1.29 is 5.11 Å². The van der Waals surface area contributed by atoms with E-state index in [2.05, 4.69) is 18.3 Å². The Kier molecular flexibility index (Phi) is 6.29. The molecule has 2 heteroatoms. The van der Waals surface area contributed by atoms with Gasteiger partial charge in [-0.15, -0.1) is 0 Å². The van der Waals surface area contributed by atoms with Crippen molar-refractivity contribution in [1.29, 1.82) is 0 Å². The first-order chi connectivity index (χ1) is 4.77. The van der Waals surface area contributed by atoms with E-state index in [1.54, 1.807) is 6.92 Å². The number of aliphatic hydroxyl groups excluding tert-OH is 1. The number of unbranched alkanes of at least 4 members (excludes halogenated alkanes) is 1. The van der Waals surface area contributed by atoms with E-state index < -0.39 is 0 Å². The summed E-state index contributed by atoms with van der Waals surface area (Å²) in [5, 5.41) is 11.8. The molecule has 0 aliphatic heterocycles. The van der Waals surface area contributed by atoms with Crippen LogP contribution in [0.4, 0.5) is 0 Å². The Hall–Kier alpha value is -0.500. The summed E-state index contributed by atoms with van der Waals surface area (Å²) in [6, 6.07) is 0. The summed E-state index contributed by atoms with van der Waals surface area (Å²) in [7, 11) is 0. The van der Waals surface area contributed by atoms with Crippen molar-refractivity contribution in [2.24, 2.45) is 0 Å². The fourth-order valence-corrected chi connectivity index (χ4v) is 0.572. The molecule has 0 bridgehead atoms. The van der Waals surface area contributed by atoms with E-state index in [0.29, 0.717) is 6.54 Å². The van der Waals surface area contributed by atoms with Crippen LogP contribution in [0.25, 0.3) is 0 Å². The third-order valence-electron chi connectivity index (χ3n) is 1.10. The number of nitrogens with one attached hydrogen (secondary N) is 1. The standard InChI is InChI=1S/C8H17NO/c1-3-4-5-6-9-7-8(2)10/h5-6,8-10H,3-4,7H2,1-2H3/b6-5-/t8-/m1/s1. The number of hydrogen-bond donors (Lipinski definition) is 2. The summed E-state index contributed by atoms with van der Waals surface area (Å²) in [5.41, 5.74) is 0. The first kappa shape index (κ1) is 9.50. The SMILES string of the molecule is CCC/C=C\NC[C@@H](C)O. The Balaban J connectivity index is 3.02. The van der Waals surface area contributed by atoms with Gasteiger partial charge in [0.05, 0.1) is 6.10 Å². The fourth-order valence-electron chi connectivity index (χ4n) is 0.572. The van der Waals surface area contributed by atoms with Gasteiger partial charge in [0.1, 0.15) is 0 Å². The zero-order valence-corrected chi connectivity index (χ0v) is 6.80. The molecule has 0 aliphatic carbocycles. The third-order valence-corrected chi connectivity index (χ3v) is 1.10. The summed E-state index contributed by atoms with van der Waals surface area (Å²) >= 11 is 0. The number of aliphatic hydroxyl groups is 1. The Labute approximate surface area is 62.9 Å². The van der Waals surface area contributed by atoms with Gasteiger partial charge in [-0.05, 0) is 19.5 Å². The molecule has 1 atom stereocenters. The first-order valence-corrected chi connectivity index (χ1v) is 3.83. The van der Waals surface area contributed by atoms with Crippen LogP contribution >= 0.6 is 0 Å². The molecule has 0 heterocycles. The highest BCUT2D eigenvalue weighted by Crippen LogP contribution is 1.85. The summed E-state index contributed by atoms with van der Waals surface area (Å²) < 4.78 is 0. The van der Waals surface area contributed by atoms with Gasteiger partial charge in [-0.2, -0.15) is 0 Å². The third kappa shape index (κ3) is 7.50. The molecule has 10 heavy (non-hydrogen) atoms. The molecule has 60 valence electrons. The molecule has 0 aromatic carbocycles. The molecule has 0 radical (unpaired) electrons. The number of allylic oxidation sites excluding steroid dienone is 1. The van der Waals surface area contributed by atoms with Gasteiger partial charge in [0.15, 0.2) is 0 Å². The van der Waals surface area contributed by atoms with Crippen molar-refractivity contribution in [3.8, 4) is 0 Å². The van der Waals surface area contributed by atoms with Crippen LogP contribution in [0.2, 0.25) is 0 Å². The van der Waals surface area contributed by atoms with E-state index in [1.165, 1.54) is 6.42 Å². The van der Waals surface area contributed by atoms with Gasteiger partial charge in [0, 0.05) is 6.54 Å². The van der Waals surface area contributed by atoms with Crippen LogP contribution in [-0.2, 0) is 0 Å². The lowest BCUT2D eigenvalue weighted by Crippen LogP contribution is -2.19. The van der Waals surface area contributed by atoms with E-state index in [-0.39, 0.29) is 6.10 Å². The molecular formula is C8H17NO. The Morgan fingerprint density at radius 3 is 2.80 bits per heavy atom. The summed E-state index contributed by atoms with van der Waals surface area (Å²) in [4.78, 5) is 0. The minimum absolute atomic E-state index is 0.258. The highest BCUT2D eigenvalue weighted by Gasteiger charge is 1.88. The monoisotopic (exact) mass is 143 g/mol. The van der Waals surface area contributed by atoms with Gasteiger partial charge in [-0.25, -0.2) is 0 Å². The van der Waals surface area contributed by atoms with E-state index in [1.807, 2.05) is 6.20 Å². The molecule has 0 aromatic heterocycles. The maximum atomic E-state index is 8.81. The van der Waals surface area contributed by atoms with Crippen LogP contribution < -0.4 is 5.32 Å². The zero-order chi connectivity index (χ0) is 7.82. The quantitative estimate of drug-likeness (QED) is 0.607. The molecule has 0 aliphatic rings. The molecule has 0 spiro atoms. The smallest absolute Gasteiger partial charge is 0.0684 e. The number of hydrogen-bond acceptors (Lipinski definition) is 2. The maximum Gasteiger partial charge on any atom is 0.0684 e. The van der Waals surface area contributed by atoms with Crippen LogP contribution in [-0.4, -0.2) is 17.8 Å². The maximum absolute atomic E-state index is 8.81. The predicted octanol–water partition coefficient (Wildman–Crippen LogP) is 1.27. The second kappa shape index (κ2) is 6.62. The molecule has 0 saturated heterocycles. The lowest BCUT2D eigenvalue weighted by molar-refractivity contribution is 0.196. The van der Waals surface area contributed by atoms with Crippen molar-refractivity contribution >= 4 is 0 Å². The van der Waals surface area contributed by atoms with Crippen molar-refractivity contribution in [3.05, 3.63) is 12.3 Å². The average molecular weight is 143 g/mol. The largest absolute Gasteiger partial charge is 0.392 e. The lowest BCUT2D eigenvalue weighted by atomic mass is 10.3. The number of rotatable bonds is 5. The Morgan fingerprint density at radius 1 is 1.60 bits per heavy atom. The fraction of sp³-hybridized carbons (Fsp3) is 0.750. The van der Waals surface area contributed by atoms with Gasteiger partial charge in [0.25, 0.3) is 0 Å². The summed E-state index contributed by atoms with van der Waals surface area (Å²) in [6.07, 6.45) is 5.99. The van der Waals surface area contributed by atoms with Gasteiger partial charge in [-0.3, -0.25) is 0 Å². The Morgan fingerprint density at radius 2 is 2.30 bits per heavy atom. The van der Waals surface area contributed by atoms with Crippen LogP contribution in [0.15, 0.2) is 12.3 Å². The predicted molar refractivity (Wildman–Crippen MR) is 43.7 cm³/mol. The summed E-state index contributed by atoms with van der Waals surface area (Å²) in [6.45, 7) is 4.54. The second-order valence-corrected chi connectivity index (χ2v) is 2.45. The van der Waals surface area contributed by atoms with Crippen LogP contribution in [0.5, 0.6) is 0 Å². The normalized spacial score (nSPS) is 13.9. The first-order valence-electron chi connectivity index (χ1n) is 3.83. The van der Waals surface area contributed by atoms with Gasteiger partial charge < -0.3 is 10.4 Å². The second-order valence-electron chi connectivity index (χ2n) is 2.45. The van der Waals surface area contributed by atoms with Crippen molar-refractivity contribution in [3.63, 3.8) is 0 Å². The van der Waals surface area contributed by atoms with Crippen molar-refractivity contribution in [1.82, 2.24) is 5.32 Å².